The van der Waals surface area contributed by atoms with Gasteiger partial charge in [0.15, 0.2) is 15.9 Å². The van der Waals surface area contributed by atoms with E-state index in [1.54, 1.807) is 0 Å². The van der Waals surface area contributed by atoms with Gasteiger partial charge in [0.25, 0.3) is 0 Å². The van der Waals surface area contributed by atoms with Gasteiger partial charge in [-0.2, -0.15) is 0 Å². The van der Waals surface area contributed by atoms with Crippen LogP contribution in [0.1, 0.15) is 19.3 Å². The number of rotatable bonds is 2. The molecule has 0 radical (unpaired) electrons. The summed E-state index contributed by atoms with van der Waals surface area (Å²) in [6.07, 6.45) is 5.18. The highest BCUT2D eigenvalue weighted by Crippen LogP contribution is 2.27. The standard InChI is InChI=1S/C12H15OS/c1-14(10-6-3-2-4-7-10)12-9-5-8-11(12)13/h2-4,6-7,12H,5,8-9H2,1H3/q+1. The highest BCUT2D eigenvalue weighted by molar-refractivity contribution is 7.97. The molecule has 2 heteroatoms. The lowest BCUT2D eigenvalue weighted by molar-refractivity contribution is -0.117. The second kappa shape index (κ2) is 4.18. The summed E-state index contributed by atoms with van der Waals surface area (Å²) < 4.78 is 0. The molecule has 2 unspecified atom stereocenters. The van der Waals surface area contributed by atoms with Crippen molar-refractivity contribution in [3.8, 4) is 0 Å². The van der Waals surface area contributed by atoms with Crippen molar-refractivity contribution in [1.29, 1.82) is 0 Å². The molecule has 1 fully saturated rings. The van der Waals surface area contributed by atoms with Crippen LogP contribution >= 0.6 is 0 Å². The number of ketones is 1. The first kappa shape index (κ1) is 9.78. The Bertz CT molecular complexity index is 320. The average Bonchev–Trinajstić information content (AvgIpc) is 2.65. The number of hydrogen-bond acceptors (Lipinski definition) is 1. The smallest absolute Gasteiger partial charge is 0.185 e. The van der Waals surface area contributed by atoms with Crippen molar-refractivity contribution in [3.05, 3.63) is 30.3 Å². The van der Waals surface area contributed by atoms with Crippen molar-refractivity contribution >= 4 is 16.7 Å². The van der Waals surface area contributed by atoms with Crippen LogP contribution in [0.25, 0.3) is 0 Å². The normalized spacial score (nSPS) is 23.8. The monoisotopic (exact) mass is 207 g/mol. The van der Waals surface area contributed by atoms with Gasteiger partial charge in [0.1, 0.15) is 6.26 Å². The molecular weight excluding hydrogens is 192 g/mol. The summed E-state index contributed by atoms with van der Waals surface area (Å²) in [5.74, 6) is 0.472. The second-order valence-electron chi connectivity index (χ2n) is 3.72. The molecule has 0 spiro atoms. The van der Waals surface area contributed by atoms with Crippen LogP contribution < -0.4 is 0 Å². The first-order chi connectivity index (χ1) is 6.79. The van der Waals surface area contributed by atoms with Crippen LogP contribution in [0.5, 0.6) is 0 Å². The SMILES string of the molecule is C[S+](c1ccccc1)C1CCCC1=O. The maximum absolute atomic E-state index is 11.6. The van der Waals surface area contributed by atoms with Crippen LogP contribution in [0.4, 0.5) is 0 Å². The third-order valence-electron chi connectivity index (χ3n) is 2.79. The minimum Gasteiger partial charge on any atom is -0.294 e. The summed E-state index contributed by atoms with van der Waals surface area (Å²) in [6, 6.07) is 10.4. The van der Waals surface area contributed by atoms with Gasteiger partial charge in [0.05, 0.1) is 0 Å². The zero-order chi connectivity index (χ0) is 9.97. The molecule has 0 amide bonds. The molecule has 1 aromatic rings. The van der Waals surface area contributed by atoms with Crippen molar-refractivity contribution in [2.45, 2.75) is 29.4 Å². The van der Waals surface area contributed by atoms with E-state index in [0.717, 1.165) is 19.3 Å². The summed E-state index contributed by atoms with van der Waals surface area (Å²) in [4.78, 5) is 12.9. The van der Waals surface area contributed by atoms with E-state index in [2.05, 4.69) is 30.5 Å². The third-order valence-corrected chi connectivity index (χ3v) is 5.16. The third kappa shape index (κ3) is 1.85. The molecule has 74 valence electrons. The van der Waals surface area contributed by atoms with Gasteiger partial charge < -0.3 is 0 Å². The summed E-state index contributed by atoms with van der Waals surface area (Å²) >= 11 is 0. The Labute approximate surface area is 87.9 Å². The van der Waals surface area contributed by atoms with Crippen LogP contribution in [0, 0.1) is 0 Å². The lowest BCUT2D eigenvalue weighted by atomic mass is 10.3. The molecule has 0 aliphatic heterocycles. The number of Topliss-reactive ketones (excluding diaryl/α,β-unsaturated/α-hetero) is 1. The quantitative estimate of drug-likeness (QED) is 0.681. The number of benzene rings is 1. The molecule has 0 saturated heterocycles. The number of carbonyl (C=O) groups is 1. The Hall–Kier alpha value is -0.760. The Morgan fingerprint density at radius 2 is 2.00 bits per heavy atom. The van der Waals surface area contributed by atoms with Crippen molar-refractivity contribution in [2.24, 2.45) is 0 Å². The zero-order valence-corrected chi connectivity index (χ0v) is 9.22. The van der Waals surface area contributed by atoms with Crippen LogP contribution in [0.2, 0.25) is 0 Å². The fourth-order valence-electron chi connectivity index (χ4n) is 1.96. The van der Waals surface area contributed by atoms with E-state index in [9.17, 15) is 4.79 Å². The lowest BCUT2D eigenvalue weighted by Crippen LogP contribution is -2.24. The predicted octanol–water partition coefficient (Wildman–Crippen LogP) is 2.42. The van der Waals surface area contributed by atoms with Crippen LogP contribution in [-0.4, -0.2) is 17.3 Å². The molecule has 0 heterocycles. The minimum absolute atomic E-state index is 0.112. The molecule has 0 bridgehead atoms. The molecule has 2 atom stereocenters. The predicted molar refractivity (Wildman–Crippen MR) is 60.6 cm³/mol. The molecule has 1 aliphatic rings. The molecule has 1 aromatic carbocycles. The van der Waals surface area contributed by atoms with Gasteiger partial charge in [0, 0.05) is 23.7 Å². The number of hydrogen-bond donors (Lipinski definition) is 0. The highest BCUT2D eigenvalue weighted by atomic mass is 32.2. The highest BCUT2D eigenvalue weighted by Gasteiger charge is 2.38. The molecule has 0 aromatic heterocycles. The second-order valence-corrected chi connectivity index (χ2v) is 5.87. The van der Waals surface area contributed by atoms with Crippen LogP contribution in [0.15, 0.2) is 35.2 Å². The van der Waals surface area contributed by atoms with E-state index in [0.29, 0.717) is 11.0 Å². The first-order valence-corrected chi connectivity index (χ1v) is 6.71. The summed E-state index contributed by atoms with van der Waals surface area (Å²) in [5, 5.41) is 0.303. The average molecular weight is 207 g/mol. The Balaban J connectivity index is 2.16. The summed E-state index contributed by atoms with van der Waals surface area (Å²) in [5.41, 5.74) is 0. The fourth-order valence-corrected chi connectivity index (χ4v) is 3.90. The lowest BCUT2D eigenvalue weighted by Gasteiger charge is -2.07. The van der Waals surface area contributed by atoms with Crippen molar-refractivity contribution < 1.29 is 4.79 Å². The molecule has 0 N–H and O–H groups in total. The largest absolute Gasteiger partial charge is 0.294 e. The zero-order valence-electron chi connectivity index (χ0n) is 8.40. The van der Waals surface area contributed by atoms with Crippen LogP contribution in [0.3, 0.4) is 0 Å². The van der Waals surface area contributed by atoms with Crippen molar-refractivity contribution in [1.82, 2.24) is 0 Å². The maximum Gasteiger partial charge on any atom is 0.185 e. The maximum atomic E-state index is 11.6. The molecule has 2 rings (SSSR count). The van der Waals surface area contributed by atoms with E-state index in [1.165, 1.54) is 4.90 Å². The topological polar surface area (TPSA) is 17.1 Å². The Morgan fingerprint density at radius 3 is 2.57 bits per heavy atom. The minimum atomic E-state index is 0.112. The van der Waals surface area contributed by atoms with Gasteiger partial charge in [-0.15, -0.1) is 0 Å². The Kier molecular flexibility index (Phi) is 2.92. The van der Waals surface area contributed by atoms with Gasteiger partial charge in [-0.3, -0.25) is 4.79 Å². The van der Waals surface area contributed by atoms with E-state index < -0.39 is 0 Å². The van der Waals surface area contributed by atoms with Crippen LogP contribution in [-0.2, 0) is 15.7 Å². The molecule has 1 aliphatic carbocycles. The first-order valence-electron chi connectivity index (χ1n) is 5.01. The summed E-state index contributed by atoms with van der Waals surface area (Å²) in [7, 11) is 0.112. The van der Waals surface area contributed by atoms with Crippen molar-refractivity contribution in [3.63, 3.8) is 0 Å². The molecule has 1 nitrogen and oxygen atoms in total. The van der Waals surface area contributed by atoms with Gasteiger partial charge in [-0.05, 0) is 18.6 Å². The molecular formula is C12H15OS+. The van der Waals surface area contributed by atoms with E-state index in [1.807, 2.05) is 6.07 Å². The fraction of sp³-hybridized carbons (Fsp3) is 0.417. The molecule has 1 saturated carbocycles. The van der Waals surface area contributed by atoms with E-state index in [4.69, 9.17) is 0 Å². The van der Waals surface area contributed by atoms with Gasteiger partial charge in [-0.25, -0.2) is 0 Å². The van der Waals surface area contributed by atoms with Gasteiger partial charge >= 0.3 is 0 Å². The molecule has 14 heavy (non-hydrogen) atoms. The summed E-state index contributed by atoms with van der Waals surface area (Å²) in [6.45, 7) is 0. The van der Waals surface area contributed by atoms with Gasteiger partial charge in [0.2, 0.25) is 0 Å². The van der Waals surface area contributed by atoms with Gasteiger partial charge in [-0.1, -0.05) is 18.2 Å². The Morgan fingerprint density at radius 1 is 1.29 bits per heavy atom. The van der Waals surface area contributed by atoms with E-state index >= 15 is 0 Å². The number of carbonyl (C=O) groups excluding carboxylic acids is 1. The van der Waals surface area contributed by atoms with Crippen molar-refractivity contribution in [2.75, 3.05) is 6.26 Å². The van der Waals surface area contributed by atoms with E-state index in [-0.39, 0.29) is 10.9 Å².